The molecular weight excluding hydrogens is 140 g/mol. The summed E-state index contributed by atoms with van der Waals surface area (Å²) in [4.78, 5) is 0. The molecule has 2 N–H and O–H groups in total. The number of nitrogens with one attached hydrogen (secondary N) is 1. The SMILES string of the molecule is CO.N#CC[C@H]1CCCNC1. The molecule has 1 aliphatic rings. The lowest BCUT2D eigenvalue weighted by Gasteiger charge is -2.19. The number of nitrogens with zero attached hydrogens (tertiary/aromatic N) is 1. The number of nitriles is 1. The number of rotatable bonds is 1. The summed E-state index contributed by atoms with van der Waals surface area (Å²) in [6.07, 6.45) is 3.21. The van der Waals surface area contributed by atoms with Crippen LogP contribution in [0.5, 0.6) is 0 Å². The lowest BCUT2D eigenvalue weighted by atomic mass is 9.97. The number of piperidine rings is 1. The first kappa shape index (κ1) is 10.4. The number of hydrogen-bond acceptors (Lipinski definition) is 3. The Hall–Kier alpha value is -0.590. The van der Waals surface area contributed by atoms with Gasteiger partial charge in [0.1, 0.15) is 0 Å². The van der Waals surface area contributed by atoms with Gasteiger partial charge in [0, 0.05) is 13.5 Å². The van der Waals surface area contributed by atoms with E-state index in [0.717, 1.165) is 26.6 Å². The highest BCUT2D eigenvalue weighted by atomic mass is 16.2. The quantitative estimate of drug-likeness (QED) is 0.581. The van der Waals surface area contributed by atoms with E-state index in [0.29, 0.717) is 5.92 Å². The van der Waals surface area contributed by atoms with Crippen LogP contribution < -0.4 is 5.32 Å². The molecule has 64 valence electrons. The zero-order valence-corrected chi connectivity index (χ0v) is 7.01. The Labute approximate surface area is 68.0 Å². The third-order valence-corrected chi connectivity index (χ3v) is 1.78. The summed E-state index contributed by atoms with van der Waals surface area (Å²) in [7, 11) is 1.00. The molecular formula is C8H16N2O. The summed E-state index contributed by atoms with van der Waals surface area (Å²) < 4.78 is 0. The maximum absolute atomic E-state index is 8.34. The van der Waals surface area contributed by atoms with Crippen molar-refractivity contribution in [2.75, 3.05) is 20.2 Å². The highest BCUT2D eigenvalue weighted by molar-refractivity contribution is 4.79. The average Bonchev–Trinajstić information content (AvgIpc) is 2.11. The second-order valence-electron chi connectivity index (χ2n) is 2.57. The summed E-state index contributed by atoms with van der Waals surface area (Å²) in [5.74, 6) is 0.628. The summed E-state index contributed by atoms with van der Waals surface area (Å²) in [6, 6.07) is 2.20. The van der Waals surface area contributed by atoms with Gasteiger partial charge in [-0.3, -0.25) is 0 Å². The number of hydrogen-bond donors (Lipinski definition) is 2. The van der Waals surface area contributed by atoms with Crippen LogP contribution in [-0.2, 0) is 0 Å². The minimum Gasteiger partial charge on any atom is -0.400 e. The van der Waals surface area contributed by atoms with Gasteiger partial charge in [0.05, 0.1) is 6.07 Å². The molecule has 1 aliphatic heterocycles. The van der Waals surface area contributed by atoms with Crippen molar-refractivity contribution in [1.29, 1.82) is 5.26 Å². The Morgan fingerprint density at radius 3 is 2.82 bits per heavy atom. The van der Waals surface area contributed by atoms with Gasteiger partial charge in [-0.2, -0.15) is 5.26 Å². The smallest absolute Gasteiger partial charge is 0.0625 e. The van der Waals surface area contributed by atoms with Gasteiger partial charge in [-0.15, -0.1) is 0 Å². The Morgan fingerprint density at radius 2 is 2.36 bits per heavy atom. The summed E-state index contributed by atoms with van der Waals surface area (Å²) in [5, 5.41) is 18.6. The molecule has 0 unspecified atom stereocenters. The number of aliphatic hydroxyl groups excluding tert-OH is 1. The topological polar surface area (TPSA) is 56.0 Å². The first-order valence-electron chi connectivity index (χ1n) is 3.96. The molecule has 0 aromatic carbocycles. The maximum Gasteiger partial charge on any atom is 0.0625 e. The zero-order chi connectivity index (χ0) is 8.53. The highest BCUT2D eigenvalue weighted by Crippen LogP contribution is 2.12. The molecule has 0 amide bonds. The largest absolute Gasteiger partial charge is 0.400 e. The highest BCUT2D eigenvalue weighted by Gasteiger charge is 2.10. The molecule has 3 nitrogen and oxygen atoms in total. The van der Waals surface area contributed by atoms with Crippen LogP contribution in [0.3, 0.4) is 0 Å². The molecule has 11 heavy (non-hydrogen) atoms. The average molecular weight is 156 g/mol. The van der Waals surface area contributed by atoms with E-state index in [1.807, 2.05) is 0 Å². The Kier molecular flexibility index (Phi) is 7.11. The van der Waals surface area contributed by atoms with Gasteiger partial charge in [-0.1, -0.05) is 0 Å². The van der Waals surface area contributed by atoms with Crippen LogP contribution in [0.15, 0.2) is 0 Å². The minimum atomic E-state index is 0.628. The molecule has 1 fully saturated rings. The molecule has 0 radical (unpaired) electrons. The van der Waals surface area contributed by atoms with E-state index in [1.54, 1.807) is 0 Å². The lowest BCUT2D eigenvalue weighted by Crippen LogP contribution is -2.29. The van der Waals surface area contributed by atoms with Gasteiger partial charge >= 0.3 is 0 Å². The molecule has 1 atom stereocenters. The Morgan fingerprint density at radius 1 is 1.64 bits per heavy atom. The van der Waals surface area contributed by atoms with Crippen LogP contribution in [0.1, 0.15) is 19.3 Å². The van der Waals surface area contributed by atoms with Gasteiger partial charge < -0.3 is 10.4 Å². The maximum atomic E-state index is 8.34. The van der Waals surface area contributed by atoms with E-state index in [4.69, 9.17) is 10.4 Å². The van der Waals surface area contributed by atoms with E-state index in [-0.39, 0.29) is 0 Å². The van der Waals surface area contributed by atoms with Crippen LogP contribution >= 0.6 is 0 Å². The molecule has 0 aliphatic carbocycles. The van der Waals surface area contributed by atoms with E-state index in [2.05, 4.69) is 11.4 Å². The standard InChI is InChI=1S/C7H12N2.CH4O/c8-4-3-7-2-1-5-9-6-7;1-2/h7,9H,1-3,5-6H2;2H,1H3/t7-;/m1./s1. The molecule has 1 heterocycles. The third kappa shape index (κ3) is 4.77. The molecule has 3 heteroatoms. The zero-order valence-electron chi connectivity index (χ0n) is 7.01. The van der Waals surface area contributed by atoms with Gasteiger partial charge in [0.15, 0.2) is 0 Å². The van der Waals surface area contributed by atoms with Crippen molar-refractivity contribution in [3.63, 3.8) is 0 Å². The van der Waals surface area contributed by atoms with Crippen molar-refractivity contribution in [3.05, 3.63) is 0 Å². The van der Waals surface area contributed by atoms with Crippen LogP contribution in [0.25, 0.3) is 0 Å². The second kappa shape index (κ2) is 7.52. The third-order valence-electron chi connectivity index (χ3n) is 1.78. The summed E-state index contributed by atoms with van der Waals surface area (Å²) >= 11 is 0. The van der Waals surface area contributed by atoms with E-state index >= 15 is 0 Å². The van der Waals surface area contributed by atoms with Crippen LogP contribution in [0.2, 0.25) is 0 Å². The van der Waals surface area contributed by atoms with E-state index < -0.39 is 0 Å². The fourth-order valence-electron chi connectivity index (χ4n) is 1.23. The van der Waals surface area contributed by atoms with Crippen LogP contribution in [-0.4, -0.2) is 25.3 Å². The molecule has 0 spiro atoms. The molecule has 0 aromatic rings. The van der Waals surface area contributed by atoms with E-state index in [1.165, 1.54) is 12.8 Å². The molecule has 1 rings (SSSR count). The van der Waals surface area contributed by atoms with Gasteiger partial charge in [-0.05, 0) is 31.8 Å². The van der Waals surface area contributed by atoms with Crippen molar-refractivity contribution in [1.82, 2.24) is 5.32 Å². The first-order chi connectivity index (χ1) is 5.43. The van der Waals surface area contributed by atoms with Crippen LogP contribution in [0, 0.1) is 17.2 Å². The van der Waals surface area contributed by atoms with Gasteiger partial charge in [0.25, 0.3) is 0 Å². The molecule has 0 saturated carbocycles. The Balaban J connectivity index is 0.000000461. The molecule has 1 saturated heterocycles. The predicted molar refractivity (Wildman–Crippen MR) is 44.0 cm³/mol. The Bertz CT molecular complexity index is 114. The monoisotopic (exact) mass is 156 g/mol. The normalized spacial score (nSPS) is 22.8. The molecule has 0 bridgehead atoms. The van der Waals surface area contributed by atoms with Crippen molar-refractivity contribution in [3.8, 4) is 6.07 Å². The van der Waals surface area contributed by atoms with Gasteiger partial charge in [-0.25, -0.2) is 0 Å². The summed E-state index contributed by atoms with van der Waals surface area (Å²) in [5.41, 5.74) is 0. The number of aliphatic hydroxyl groups is 1. The van der Waals surface area contributed by atoms with Crippen molar-refractivity contribution >= 4 is 0 Å². The fraction of sp³-hybridized carbons (Fsp3) is 0.875. The summed E-state index contributed by atoms with van der Waals surface area (Å²) in [6.45, 7) is 2.19. The van der Waals surface area contributed by atoms with Crippen molar-refractivity contribution in [2.45, 2.75) is 19.3 Å². The fourth-order valence-corrected chi connectivity index (χ4v) is 1.23. The predicted octanol–water partition coefficient (Wildman–Crippen LogP) is 0.508. The lowest BCUT2D eigenvalue weighted by molar-refractivity contribution is 0.383. The minimum absolute atomic E-state index is 0.628. The van der Waals surface area contributed by atoms with Crippen molar-refractivity contribution in [2.24, 2.45) is 5.92 Å². The van der Waals surface area contributed by atoms with E-state index in [9.17, 15) is 0 Å². The second-order valence-corrected chi connectivity index (χ2v) is 2.57. The first-order valence-corrected chi connectivity index (χ1v) is 3.96. The van der Waals surface area contributed by atoms with Crippen molar-refractivity contribution < 1.29 is 5.11 Å². The molecule has 0 aromatic heterocycles. The van der Waals surface area contributed by atoms with Crippen LogP contribution in [0.4, 0.5) is 0 Å². The van der Waals surface area contributed by atoms with Gasteiger partial charge in [0.2, 0.25) is 0 Å².